The molecule has 0 atom stereocenters. The van der Waals surface area contributed by atoms with Crippen LogP contribution in [0.1, 0.15) is 22.3 Å². The van der Waals surface area contributed by atoms with Crippen LogP contribution in [0.4, 0.5) is 5.69 Å². The third kappa shape index (κ3) is 1.91. The highest BCUT2D eigenvalue weighted by Gasteiger charge is 2.21. The molecule has 0 bridgehead atoms. The molecule has 0 saturated carbocycles. The SMILES string of the molecule is CN(C)c1cccc2c(C#N)c(C#N)c(C#N)c(C#N)c12. The van der Waals surface area contributed by atoms with E-state index in [1.165, 1.54) is 0 Å². The van der Waals surface area contributed by atoms with Gasteiger partial charge in [0.1, 0.15) is 24.3 Å². The van der Waals surface area contributed by atoms with Crippen LogP contribution in [0.15, 0.2) is 18.2 Å². The lowest BCUT2D eigenvalue weighted by Gasteiger charge is -2.18. The molecule has 98 valence electrons. The highest BCUT2D eigenvalue weighted by Crippen LogP contribution is 2.35. The minimum absolute atomic E-state index is 0.0417. The first kappa shape index (κ1) is 13.9. The first-order chi connectivity index (χ1) is 10.1. The lowest BCUT2D eigenvalue weighted by Crippen LogP contribution is -2.10. The van der Waals surface area contributed by atoms with Gasteiger partial charge in [-0.25, -0.2) is 0 Å². The topological polar surface area (TPSA) is 98.4 Å². The van der Waals surface area contributed by atoms with Crippen molar-refractivity contribution >= 4 is 16.5 Å². The van der Waals surface area contributed by atoms with Crippen molar-refractivity contribution in [2.75, 3.05) is 19.0 Å². The molecular formula is C16H9N5. The van der Waals surface area contributed by atoms with E-state index in [2.05, 4.69) is 0 Å². The van der Waals surface area contributed by atoms with Gasteiger partial charge in [-0.1, -0.05) is 12.1 Å². The molecule has 0 aliphatic carbocycles. The first-order valence-corrected chi connectivity index (χ1v) is 6.01. The van der Waals surface area contributed by atoms with Gasteiger partial charge in [0, 0.05) is 30.6 Å². The Kier molecular flexibility index (Phi) is 3.45. The Bertz CT molecular complexity index is 912. The predicted molar refractivity (Wildman–Crippen MR) is 77.1 cm³/mol. The fourth-order valence-corrected chi connectivity index (χ4v) is 2.35. The Morgan fingerprint density at radius 2 is 1.29 bits per heavy atom. The van der Waals surface area contributed by atoms with Gasteiger partial charge in [0.05, 0.1) is 22.3 Å². The van der Waals surface area contributed by atoms with Crippen LogP contribution in [0.25, 0.3) is 10.8 Å². The number of nitrogens with zero attached hydrogens (tertiary/aromatic N) is 5. The summed E-state index contributed by atoms with van der Waals surface area (Å²) in [5, 5.41) is 38.4. The van der Waals surface area contributed by atoms with Gasteiger partial charge in [0.2, 0.25) is 0 Å². The van der Waals surface area contributed by atoms with Crippen molar-refractivity contribution in [3.8, 4) is 24.3 Å². The van der Waals surface area contributed by atoms with Gasteiger partial charge in [-0.3, -0.25) is 0 Å². The highest BCUT2D eigenvalue weighted by atomic mass is 15.1. The second kappa shape index (κ2) is 5.22. The summed E-state index contributed by atoms with van der Waals surface area (Å²) in [6.45, 7) is 0. The van der Waals surface area contributed by atoms with E-state index in [9.17, 15) is 21.0 Å². The zero-order valence-electron chi connectivity index (χ0n) is 11.5. The molecule has 2 aromatic rings. The van der Waals surface area contributed by atoms with Gasteiger partial charge in [-0.15, -0.1) is 0 Å². The molecule has 0 spiro atoms. The van der Waals surface area contributed by atoms with Gasteiger partial charge >= 0.3 is 0 Å². The molecule has 0 heterocycles. The molecule has 0 amide bonds. The van der Waals surface area contributed by atoms with Crippen LogP contribution in [-0.4, -0.2) is 14.1 Å². The van der Waals surface area contributed by atoms with Gasteiger partial charge < -0.3 is 4.90 Å². The Hall–Kier alpha value is -3.54. The number of nitriles is 4. The van der Waals surface area contributed by atoms with Crippen LogP contribution in [0, 0.1) is 45.3 Å². The Labute approximate surface area is 122 Å². The molecule has 2 aromatic carbocycles. The van der Waals surface area contributed by atoms with E-state index in [0.29, 0.717) is 10.8 Å². The lowest BCUT2D eigenvalue weighted by molar-refractivity contribution is 1.14. The van der Waals surface area contributed by atoms with Gasteiger partial charge in [-0.2, -0.15) is 21.0 Å². The quantitative estimate of drug-likeness (QED) is 0.793. The van der Waals surface area contributed by atoms with Crippen molar-refractivity contribution in [2.45, 2.75) is 0 Å². The average molecular weight is 271 g/mol. The molecule has 5 nitrogen and oxygen atoms in total. The molecule has 21 heavy (non-hydrogen) atoms. The minimum Gasteiger partial charge on any atom is -0.377 e. The number of hydrogen-bond acceptors (Lipinski definition) is 5. The normalized spacial score (nSPS) is 9.24. The van der Waals surface area contributed by atoms with Crippen molar-refractivity contribution in [1.82, 2.24) is 0 Å². The average Bonchev–Trinajstić information content (AvgIpc) is 2.51. The molecule has 0 fully saturated rings. The fourth-order valence-electron chi connectivity index (χ4n) is 2.35. The maximum atomic E-state index is 9.43. The molecule has 0 aliphatic rings. The molecule has 0 N–H and O–H groups in total. The van der Waals surface area contributed by atoms with E-state index in [4.69, 9.17) is 0 Å². The Morgan fingerprint density at radius 3 is 1.76 bits per heavy atom. The number of benzene rings is 2. The maximum Gasteiger partial charge on any atom is 0.102 e. The molecule has 0 saturated heterocycles. The summed E-state index contributed by atoms with van der Waals surface area (Å²) in [6.07, 6.45) is 0. The van der Waals surface area contributed by atoms with Crippen LogP contribution in [0.2, 0.25) is 0 Å². The van der Waals surface area contributed by atoms with Crippen molar-refractivity contribution in [3.63, 3.8) is 0 Å². The molecule has 0 unspecified atom stereocenters. The van der Waals surface area contributed by atoms with E-state index in [1.807, 2.05) is 38.4 Å². The zero-order chi connectivity index (χ0) is 15.6. The van der Waals surface area contributed by atoms with Crippen LogP contribution < -0.4 is 4.90 Å². The first-order valence-electron chi connectivity index (χ1n) is 6.01. The number of fused-ring (bicyclic) bond motifs is 1. The predicted octanol–water partition coefficient (Wildman–Crippen LogP) is 2.39. The molecule has 0 aliphatic heterocycles. The van der Waals surface area contributed by atoms with Crippen LogP contribution in [-0.2, 0) is 0 Å². The summed E-state index contributed by atoms with van der Waals surface area (Å²) in [5.74, 6) is 0. The second-order valence-electron chi connectivity index (χ2n) is 4.54. The smallest absolute Gasteiger partial charge is 0.102 e. The molecule has 0 aromatic heterocycles. The van der Waals surface area contributed by atoms with Crippen LogP contribution >= 0.6 is 0 Å². The summed E-state index contributed by atoms with van der Waals surface area (Å²) in [7, 11) is 3.62. The van der Waals surface area contributed by atoms with E-state index >= 15 is 0 Å². The molecule has 5 heteroatoms. The summed E-state index contributed by atoms with van der Waals surface area (Å²) >= 11 is 0. The monoisotopic (exact) mass is 271 g/mol. The molecule has 0 radical (unpaired) electrons. The molecule has 2 rings (SSSR count). The summed E-state index contributed by atoms with van der Waals surface area (Å²) < 4.78 is 0. The fraction of sp³-hybridized carbons (Fsp3) is 0.125. The standard InChI is InChI=1S/C16H9N5/c1-21(2)15-5-3-4-10-11(6-17)12(7-18)13(8-19)14(9-20)16(10)15/h3-5H,1-2H3. The summed E-state index contributed by atoms with van der Waals surface area (Å²) in [6, 6.07) is 13.0. The summed E-state index contributed by atoms with van der Waals surface area (Å²) in [5.41, 5.74) is 0.902. The van der Waals surface area contributed by atoms with Crippen molar-refractivity contribution < 1.29 is 0 Å². The number of hydrogen-bond donors (Lipinski definition) is 0. The number of rotatable bonds is 1. The Morgan fingerprint density at radius 1 is 0.762 bits per heavy atom. The third-order valence-electron chi connectivity index (χ3n) is 3.24. The van der Waals surface area contributed by atoms with Gasteiger partial charge in [0.15, 0.2) is 0 Å². The van der Waals surface area contributed by atoms with Crippen LogP contribution in [0.5, 0.6) is 0 Å². The Balaban J connectivity index is 3.24. The van der Waals surface area contributed by atoms with E-state index in [1.54, 1.807) is 23.1 Å². The highest BCUT2D eigenvalue weighted by molar-refractivity contribution is 6.04. The van der Waals surface area contributed by atoms with Crippen molar-refractivity contribution in [3.05, 3.63) is 40.5 Å². The van der Waals surface area contributed by atoms with E-state index in [-0.39, 0.29) is 22.3 Å². The van der Waals surface area contributed by atoms with Gasteiger partial charge in [0.25, 0.3) is 0 Å². The maximum absolute atomic E-state index is 9.43. The summed E-state index contributed by atoms with van der Waals surface area (Å²) in [4.78, 5) is 1.80. The minimum atomic E-state index is -0.0432. The lowest BCUT2D eigenvalue weighted by atomic mass is 9.90. The molecular weight excluding hydrogens is 262 g/mol. The number of anilines is 1. The second-order valence-corrected chi connectivity index (χ2v) is 4.54. The van der Waals surface area contributed by atoms with E-state index in [0.717, 1.165) is 5.69 Å². The van der Waals surface area contributed by atoms with Gasteiger partial charge in [-0.05, 0) is 6.07 Å². The third-order valence-corrected chi connectivity index (χ3v) is 3.24. The zero-order valence-corrected chi connectivity index (χ0v) is 11.5. The van der Waals surface area contributed by atoms with Crippen LogP contribution in [0.3, 0.4) is 0 Å². The van der Waals surface area contributed by atoms with E-state index < -0.39 is 0 Å². The largest absolute Gasteiger partial charge is 0.377 e. The van der Waals surface area contributed by atoms with Crippen molar-refractivity contribution in [1.29, 1.82) is 21.0 Å². The van der Waals surface area contributed by atoms with Crippen molar-refractivity contribution in [2.24, 2.45) is 0 Å².